The van der Waals surface area contributed by atoms with Gasteiger partial charge in [-0.1, -0.05) is 26.0 Å². The first-order valence-corrected chi connectivity index (χ1v) is 8.16. The Morgan fingerprint density at radius 2 is 2.26 bits per heavy atom. The molecule has 1 aliphatic rings. The van der Waals surface area contributed by atoms with Crippen molar-refractivity contribution in [1.29, 1.82) is 0 Å². The van der Waals surface area contributed by atoms with Crippen LogP contribution in [0.4, 0.5) is 5.69 Å². The number of nitrogens with zero attached hydrogens (tertiary/aromatic N) is 1. The van der Waals surface area contributed by atoms with Crippen LogP contribution >= 0.6 is 0 Å². The largest absolute Gasteiger partial charge is 0.501 e. The van der Waals surface area contributed by atoms with Gasteiger partial charge in [0, 0.05) is 18.1 Å². The first-order chi connectivity index (χ1) is 11.0. The maximum Gasteiger partial charge on any atom is 0.494 e. The highest BCUT2D eigenvalue weighted by Crippen LogP contribution is 2.27. The van der Waals surface area contributed by atoms with Gasteiger partial charge < -0.3 is 14.0 Å². The summed E-state index contributed by atoms with van der Waals surface area (Å²) >= 11 is 0. The van der Waals surface area contributed by atoms with Crippen molar-refractivity contribution in [3.63, 3.8) is 0 Å². The Hall–Kier alpha value is -1.59. The van der Waals surface area contributed by atoms with Crippen LogP contribution in [-0.2, 0) is 14.0 Å². The molecule has 1 heterocycles. The maximum absolute atomic E-state index is 6.12. The number of hydrogen-bond acceptors (Lipinski definition) is 4. The molecule has 0 amide bonds. The fraction of sp³-hybridized carbons (Fsp3) is 0.500. The van der Waals surface area contributed by atoms with E-state index in [1.807, 2.05) is 24.3 Å². The van der Waals surface area contributed by atoms with E-state index in [0.29, 0.717) is 19.1 Å². The van der Waals surface area contributed by atoms with Crippen LogP contribution in [0.5, 0.6) is 0 Å². The molecule has 1 saturated heterocycles. The maximum atomic E-state index is 6.12. The van der Waals surface area contributed by atoms with Gasteiger partial charge in [-0.25, -0.2) is 0 Å². The first-order valence-electron chi connectivity index (χ1n) is 8.16. The predicted octanol–water partition coefficient (Wildman–Crippen LogP) is 3.57. The minimum Gasteiger partial charge on any atom is -0.501 e. The van der Waals surface area contributed by atoms with Crippen LogP contribution in [0.15, 0.2) is 29.5 Å². The van der Waals surface area contributed by atoms with E-state index in [2.05, 4.69) is 39.4 Å². The molecule has 1 atom stereocenters. The summed E-state index contributed by atoms with van der Waals surface area (Å²) in [5, 5.41) is 0. The second-order valence-corrected chi connectivity index (χ2v) is 6.44. The Morgan fingerprint density at radius 3 is 2.91 bits per heavy atom. The van der Waals surface area contributed by atoms with Gasteiger partial charge in [0.05, 0.1) is 24.2 Å². The zero-order valence-corrected chi connectivity index (χ0v) is 14.5. The van der Waals surface area contributed by atoms with E-state index in [0.717, 1.165) is 23.1 Å². The van der Waals surface area contributed by atoms with Gasteiger partial charge in [0.2, 0.25) is 0 Å². The molecule has 0 spiro atoms. The molecule has 2 rings (SSSR count). The summed E-state index contributed by atoms with van der Waals surface area (Å²) in [5.74, 6) is 0.356. The third-order valence-electron chi connectivity index (χ3n) is 4.26. The monoisotopic (exact) mass is 315 g/mol. The molecule has 23 heavy (non-hydrogen) atoms. The van der Waals surface area contributed by atoms with Crippen LogP contribution in [0.3, 0.4) is 0 Å². The van der Waals surface area contributed by atoms with E-state index in [1.165, 1.54) is 0 Å². The smallest absolute Gasteiger partial charge is 0.494 e. The molecule has 5 heteroatoms. The van der Waals surface area contributed by atoms with Gasteiger partial charge in [0.15, 0.2) is 0 Å². The molecule has 1 aromatic carbocycles. The van der Waals surface area contributed by atoms with Gasteiger partial charge in [0.1, 0.15) is 0 Å². The third kappa shape index (κ3) is 4.46. The molecule has 0 N–H and O–H groups in total. The average Bonchev–Trinajstić information content (AvgIpc) is 2.54. The van der Waals surface area contributed by atoms with E-state index < -0.39 is 0 Å². The molecule has 0 aliphatic carbocycles. The zero-order valence-electron chi connectivity index (χ0n) is 14.5. The minimum absolute atomic E-state index is 0.210. The van der Waals surface area contributed by atoms with Crippen LogP contribution in [0.1, 0.15) is 39.7 Å². The van der Waals surface area contributed by atoms with Crippen LogP contribution in [0.2, 0.25) is 0 Å². The summed E-state index contributed by atoms with van der Waals surface area (Å²) in [6.07, 6.45) is 4.58. The van der Waals surface area contributed by atoms with Gasteiger partial charge in [-0.15, -0.1) is 0 Å². The zero-order chi connectivity index (χ0) is 16.9. The van der Waals surface area contributed by atoms with Gasteiger partial charge in [-0.3, -0.25) is 4.99 Å². The molecular formula is C18H26BNO3. The van der Waals surface area contributed by atoms with Crippen molar-refractivity contribution >= 4 is 31.1 Å². The average molecular weight is 315 g/mol. The van der Waals surface area contributed by atoms with Crippen molar-refractivity contribution in [3.05, 3.63) is 30.0 Å². The molecule has 0 aromatic heterocycles. The summed E-state index contributed by atoms with van der Waals surface area (Å²) < 4.78 is 17.4. The van der Waals surface area contributed by atoms with Crippen molar-refractivity contribution in [1.82, 2.24) is 0 Å². The van der Waals surface area contributed by atoms with Gasteiger partial charge in [-0.05, 0) is 44.6 Å². The lowest BCUT2D eigenvalue weighted by molar-refractivity contribution is -0.0367. The Balaban J connectivity index is 2.20. The molecule has 124 valence electrons. The Bertz CT molecular complexity index is 571. The second-order valence-electron chi connectivity index (χ2n) is 6.44. The highest BCUT2D eigenvalue weighted by molar-refractivity contribution is 6.61. The fourth-order valence-electron chi connectivity index (χ4n) is 2.33. The highest BCUT2D eigenvalue weighted by Gasteiger charge is 2.39. The standard InChI is InChI=1S/C18H26BNO3/c1-6-10-21-11-9-15-12-16(7-8-17(15)20-5)19-22-13-14(2)18(3,4)23-19/h7-9,11-12,14H,5-6,10,13H2,1-4H3/b11-9+. The predicted molar refractivity (Wildman–Crippen MR) is 96.6 cm³/mol. The lowest BCUT2D eigenvalue weighted by Crippen LogP contribution is -2.53. The normalized spacial score (nSPS) is 20.7. The van der Waals surface area contributed by atoms with Gasteiger partial charge >= 0.3 is 7.12 Å². The van der Waals surface area contributed by atoms with Crippen molar-refractivity contribution < 1.29 is 14.0 Å². The minimum atomic E-state index is -0.358. The number of benzene rings is 1. The fourth-order valence-corrected chi connectivity index (χ4v) is 2.33. The topological polar surface area (TPSA) is 40.0 Å². The van der Waals surface area contributed by atoms with E-state index >= 15 is 0 Å². The molecule has 0 bridgehead atoms. The summed E-state index contributed by atoms with van der Waals surface area (Å²) in [6, 6.07) is 5.93. The number of aliphatic imine (C=N–C) groups is 1. The molecular weight excluding hydrogens is 289 g/mol. The Morgan fingerprint density at radius 1 is 1.48 bits per heavy atom. The molecule has 1 fully saturated rings. The van der Waals surface area contributed by atoms with Crippen LogP contribution in [0, 0.1) is 5.92 Å². The van der Waals surface area contributed by atoms with Crippen molar-refractivity contribution in [2.75, 3.05) is 13.2 Å². The highest BCUT2D eigenvalue weighted by atomic mass is 16.6. The van der Waals surface area contributed by atoms with Gasteiger partial charge in [0.25, 0.3) is 0 Å². The van der Waals surface area contributed by atoms with Crippen LogP contribution in [0.25, 0.3) is 6.08 Å². The summed E-state index contributed by atoms with van der Waals surface area (Å²) in [6.45, 7) is 13.4. The summed E-state index contributed by atoms with van der Waals surface area (Å²) in [5.41, 5.74) is 2.52. The molecule has 0 radical (unpaired) electrons. The summed E-state index contributed by atoms with van der Waals surface area (Å²) in [4.78, 5) is 4.06. The van der Waals surface area contributed by atoms with E-state index in [9.17, 15) is 0 Å². The van der Waals surface area contributed by atoms with Crippen molar-refractivity contribution in [2.24, 2.45) is 10.9 Å². The number of ether oxygens (including phenoxy) is 1. The first kappa shape index (κ1) is 17.8. The lowest BCUT2D eigenvalue weighted by Gasteiger charge is -2.40. The molecule has 0 saturated carbocycles. The van der Waals surface area contributed by atoms with E-state index in [-0.39, 0.29) is 12.7 Å². The molecule has 4 nitrogen and oxygen atoms in total. The van der Waals surface area contributed by atoms with Crippen molar-refractivity contribution in [3.8, 4) is 0 Å². The number of rotatable bonds is 6. The molecule has 1 aromatic rings. The van der Waals surface area contributed by atoms with E-state index in [4.69, 9.17) is 14.0 Å². The SMILES string of the molecule is C=Nc1ccc(B2OCC(C)C(C)(C)O2)cc1/C=C/OCCC. The molecule has 1 unspecified atom stereocenters. The lowest BCUT2D eigenvalue weighted by atomic mass is 9.73. The Kier molecular flexibility index (Phi) is 6.02. The molecule has 1 aliphatic heterocycles. The number of hydrogen-bond donors (Lipinski definition) is 0. The second kappa shape index (κ2) is 7.80. The van der Waals surface area contributed by atoms with Crippen LogP contribution in [-0.4, -0.2) is 32.7 Å². The van der Waals surface area contributed by atoms with Crippen LogP contribution < -0.4 is 5.46 Å². The Labute approximate surface area is 139 Å². The van der Waals surface area contributed by atoms with Crippen molar-refractivity contribution in [2.45, 2.75) is 39.7 Å². The van der Waals surface area contributed by atoms with E-state index in [1.54, 1.807) is 6.26 Å². The third-order valence-corrected chi connectivity index (χ3v) is 4.26. The summed E-state index contributed by atoms with van der Waals surface area (Å²) in [7, 11) is -0.358. The quantitative estimate of drug-likeness (QED) is 0.349. The van der Waals surface area contributed by atoms with Gasteiger partial charge in [-0.2, -0.15) is 0 Å².